The number of aromatic amines is 1. The second-order valence-corrected chi connectivity index (χ2v) is 8.43. The number of rotatable bonds is 4. The molecule has 0 fully saturated rings. The molecule has 6 nitrogen and oxygen atoms in total. The van der Waals surface area contributed by atoms with Crippen LogP contribution < -0.4 is 10.9 Å². The number of anilines is 1. The Morgan fingerprint density at radius 2 is 2.19 bits per heavy atom. The van der Waals surface area contributed by atoms with Crippen molar-refractivity contribution in [3.8, 4) is 0 Å². The van der Waals surface area contributed by atoms with Crippen LogP contribution in [-0.4, -0.2) is 26.0 Å². The van der Waals surface area contributed by atoms with Gasteiger partial charge in [0.05, 0.1) is 11.5 Å². The van der Waals surface area contributed by atoms with Crippen LogP contribution in [0.1, 0.15) is 50.2 Å². The van der Waals surface area contributed by atoms with Crippen LogP contribution in [0.3, 0.4) is 0 Å². The average Bonchev–Trinajstić information content (AvgIpc) is 2.67. The molecule has 0 aromatic carbocycles. The van der Waals surface area contributed by atoms with Gasteiger partial charge in [0.15, 0.2) is 5.16 Å². The molecule has 2 N–H and O–H groups in total. The summed E-state index contributed by atoms with van der Waals surface area (Å²) in [5.41, 5.74) is 2.05. The minimum Gasteiger partial charge on any atom is -0.343 e. The van der Waals surface area contributed by atoms with Gasteiger partial charge in [0.25, 0.3) is 5.56 Å². The van der Waals surface area contributed by atoms with Crippen LogP contribution in [0.2, 0.25) is 0 Å². The minimum atomic E-state index is -0.383. The van der Waals surface area contributed by atoms with E-state index in [0.29, 0.717) is 34.6 Å². The second kappa shape index (κ2) is 7.31. The molecule has 1 aliphatic heterocycles. The van der Waals surface area contributed by atoms with Gasteiger partial charge in [0.1, 0.15) is 11.6 Å². The summed E-state index contributed by atoms with van der Waals surface area (Å²) < 4.78 is 0. The molecule has 2 aliphatic rings. The Morgan fingerprint density at radius 3 is 2.93 bits per heavy atom. The van der Waals surface area contributed by atoms with Crippen molar-refractivity contribution < 1.29 is 4.79 Å². The Morgan fingerprint density at radius 1 is 1.33 bits per heavy atom. The zero-order valence-corrected chi connectivity index (χ0v) is 16.2. The van der Waals surface area contributed by atoms with Crippen molar-refractivity contribution >= 4 is 23.4 Å². The highest BCUT2D eigenvalue weighted by Crippen LogP contribution is 2.44. The Kier molecular flexibility index (Phi) is 4.86. The number of carbonyl (C=O) groups excluding carboxylic acids is 1. The molecule has 0 saturated carbocycles. The van der Waals surface area contributed by atoms with E-state index in [-0.39, 0.29) is 23.2 Å². The summed E-state index contributed by atoms with van der Waals surface area (Å²) in [5.74, 6) is -0.0492. The number of hydrogen-bond donors (Lipinski definition) is 2. The van der Waals surface area contributed by atoms with Gasteiger partial charge in [0.2, 0.25) is 0 Å². The van der Waals surface area contributed by atoms with Gasteiger partial charge < -0.3 is 10.3 Å². The smallest absolute Gasteiger partial charge is 0.257 e. The zero-order chi connectivity index (χ0) is 19.0. The van der Waals surface area contributed by atoms with Crippen LogP contribution in [0, 0.1) is 5.92 Å². The lowest BCUT2D eigenvalue weighted by molar-refractivity contribution is -0.122. The number of nitrogens with one attached hydrogen (secondary N) is 2. The monoisotopic (exact) mass is 382 g/mol. The van der Waals surface area contributed by atoms with Crippen LogP contribution >= 0.6 is 11.8 Å². The highest BCUT2D eigenvalue weighted by Gasteiger charge is 2.42. The zero-order valence-electron chi connectivity index (χ0n) is 15.4. The summed E-state index contributed by atoms with van der Waals surface area (Å²) in [6.07, 6.45) is 7.68. The topological polar surface area (TPSA) is 87.7 Å². The van der Waals surface area contributed by atoms with E-state index in [1.54, 1.807) is 24.2 Å². The van der Waals surface area contributed by atoms with Crippen LogP contribution in [0.25, 0.3) is 0 Å². The van der Waals surface area contributed by atoms with Crippen LogP contribution in [0.5, 0.6) is 0 Å². The minimum absolute atomic E-state index is 0.150. The van der Waals surface area contributed by atoms with E-state index >= 15 is 0 Å². The van der Waals surface area contributed by atoms with Gasteiger partial charge in [0, 0.05) is 35.7 Å². The quantitative estimate of drug-likeness (QED) is 0.622. The predicted molar refractivity (Wildman–Crippen MR) is 106 cm³/mol. The molecule has 0 spiro atoms. The van der Waals surface area contributed by atoms with E-state index in [2.05, 4.69) is 40.2 Å². The summed E-state index contributed by atoms with van der Waals surface area (Å²) in [7, 11) is 0. The maximum atomic E-state index is 13.0. The maximum absolute atomic E-state index is 13.0. The molecule has 140 valence electrons. The first-order valence-corrected chi connectivity index (χ1v) is 10.2. The van der Waals surface area contributed by atoms with Gasteiger partial charge in [-0.1, -0.05) is 37.8 Å². The molecule has 4 rings (SSSR count). The van der Waals surface area contributed by atoms with Gasteiger partial charge >= 0.3 is 0 Å². The number of hydrogen-bond acceptors (Lipinski definition) is 6. The van der Waals surface area contributed by atoms with Gasteiger partial charge in [-0.2, -0.15) is 0 Å². The molecule has 2 aromatic rings. The Balaban J connectivity index is 1.88. The Bertz CT molecular complexity index is 954. The van der Waals surface area contributed by atoms with Gasteiger partial charge in [-0.15, -0.1) is 0 Å². The van der Waals surface area contributed by atoms with Crippen molar-refractivity contribution in [1.82, 2.24) is 15.0 Å². The fourth-order valence-electron chi connectivity index (χ4n) is 3.72. The molecule has 3 heterocycles. The van der Waals surface area contributed by atoms with E-state index in [9.17, 15) is 9.59 Å². The fourth-order valence-corrected chi connectivity index (χ4v) is 4.56. The summed E-state index contributed by atoms with van der Waals surface area (Å²) in [6.45, 7) is 4.21. The summed E-state index contributed by atoms with van der Waals surface area (Å²) in [4.78, 5) is 37.6. The fraction of sp³-hybridized carbons (Fsp3) is 0.400. The number of Topliss-reactive ketones (excluding diaryl/α,β-unsaturated/α-hetero) is 1. The molecular weight excluding hydrogens is 360 g/mol. The number of carbonyl (C=O) groups is 1. The van der Waals surface area contributed by atoms with Crippen LogP contribution in [-0.2, 0) is 4.79 Å². The number of aromatic nitrogens is 3. The summed E-state index contributed by atoms with van der Waals surface area (Å²) >= 11 is 1.55. The Hall–Kier alpha value is -2.41. The molecule has 1 aliphatic carbocycles. The molecular formula is C20H22N4O2S. The number of allylic oxidation sites excluding steroid dienone is 2. The highest BCUT2D eigenvalue weighted by molar-refractivity contribution is 7.99. The molecule has 0 radical (unpaired) electrons. The second-order valence-electron chi connectivity index (χ2n) is 7.00. The lowest BCUT2D eigenvalue weighted by atomic mass is 9.72. The van der Waals surface area contributed by atoms with E-state index in [4.69, 9.17) is 0 Å². The third kappa shape index (κ3) is 3.32. The van der Waals surface area contributed by atoms with Crippen LogP contribution in [0.4, 0.5) is 5.82 Å². The lowest BCUT2D eigenvalue weighted by Gasteiger charge is -2.36. The molecule has 2 aromatic heterocycles. The first kappa shape index (κ1) is 18.0. The van der Waals surface area contributed by atoms with Gasteiger partial charge in [-0.25, -0.2) is 4.98 Å². The number of ketones is 1. The number of pyridine rings is 1. The molecule has 27 heavy (non-hydrogen) atoms. The van der Waals surface area contributed by atoms with Crippen molar-refractivity contribution in [2.24, 2.45) is 5.92 Å². The first-order valence-electron chi connectivity index (χ1n) is 9.29. The summed E-state index contributed by atoms with van der Waals surface area (Å²) in [5, 5.41) is 4.23. The van der Waals surface area contributed by atoms with E-state index in [1.165, 1.54) is 0 Å². The maximum Gasteiger partial charge on any atom is 0.257 e. The average molecular weight is 382 g/mol. The lowest BCUT2D eigenvalue weighted by Crippen LogP contribution is -2.38. The number of thioether (sulfide) groups is 1. The van der Waals surface area contributed by atoms with E-state index < -0.39 is 0 Å². The first-order chi connectivity index (χ1) is 13.1. The van der Waals surface area contributed by atoms with Gasteiger partial charge in [-0.05, 0) is 24.5 Å². The largest absolute Gasteiger partial charge is 0.343 e. The molecule has 7 heteroatoms. The number of nitrogens with zero attached hydrogens (tertiary/aromatic N) is 2. The third-order valence-electron chi connectivity index (χ3n) is 5.21. The highest BCUT2D eigenvalue weighted by atomic mass is 32.2. The van der Waals surface area contributed by atoms with E-state index in [0.717, 1.165) is 17.7 Å². The van der Waals surface area contributed by atoms with Crippen molar-refractivity contribution in [2.75, 3.05) is 5.32 Å². The van der Waals surface area contributed by atoms with Crippen molar-refractivity contribution in [3.63, 3.8) is 0 Å². The standard InChI is InChI=1S/C20H22N4O2S/c1-3-11(2)27-20-23-18-17(19(26)24-20)15(12-6-5-9-21-10-12)16-13(22-18)7-4-8-14(16)25/h5-7,9-11,15-16H,3-4,8H2,1-2H3,(H2,22,23,24,26)/t11-,15-,16-/m0/s1. The summed E-state index contributed by atoms with van der Waals surface area (Å²) in [6, 6.07) is 3.76. The molecule has 0 unspecified atom stereocenters. The molecule has 0 bridgehead atoms. The molecule has 0 amide bonds. The van der Waals surface area contributed by atoms with Gasteiger partial charge in [-0.3, -0.25) is 14.6 Å². The number of fused-ring (bicyclic) bond motifs is 2. The van der Waals surface area contributed by atoms with Crippen molar-refractivity contribution in [1.29, 1.82) is 0 Å². The third-order valence-corrected chi connectivity index (χ3v) is 6.36. The normalized spacial score (nSPS) is 22.3. The van der Waals surface area contributed by atoms with Crippen LogP contribution in [0.15, 0.2) is 46.3 Å². The molecule has 3 atom stereocenters. The predicted octanol–water partition coefficient (Wildman–Crippen LogP) is 3.48. The SMILES string of the molecule is CC[C@H](C)Sc1nc2c(c(=O)[nH]1)[C@@H](c1cccnc1)[C@@H]1C(=O)CCC=C1N2. The molecule has 0 saturated heterocycles. The van der Waals surface area contributed by atoms with Crippen molar-refractivity contribution in [2.45, 2.75) is 49.4 Å². The Labute approximate surface area is 161 Å². The number of H-pyrrole nitrogens is 1. The van der Waals surface area contributed by atoms with Crippen molar-refractivity contribution in [3.05, 3.63) is 57.8 Å². The van der Waals surface area contributed by atoms with E-state index in [1.807, 2.05) is 12.1 Å².